The molecule has 106 valence electrons. The van der Waals surface area contributed by atoms with Gasteiger partial charge in [-0.3, -0.25) is 0 Å². The Hall–Kier alpha value is -1.11. The first-order valence-electron chi connectivity index (χ1n) is 7.64. The molecule has 3 rings (SSSR count). The number of hydrogen-bond acceptors (Lipinski definition) is 2. The number of nitrogens with zero attached hydrogens (tertiary/aromatic N) is 1. The Kier molecular flexibility index (Phi) is 3.96. The van der Waals surface area contributed by atoms with E-state index in [9.17, 15) is 4.79 Å². The zero-order chi connectivity index (χ0) is 14.0. The number of carbonyl (C=O) groups excluding carboxylic acids is 1. The normalized spacial score (nSPS) is 21.9. The summed E-state index contributed by atoms with van der Waals surface area (Å²) in [6, 6.07) is 6.31. The molecule has 1 aromatic rings. The van der Waals surface area contributed by atoms with Gasteiger partial charge in [0.1, 0.15) is 0 Å². The van der Waals surface area contributed by atoms with Gasteiger partial charge in [-0.2, -0.15) is 4.99 Å². The first kappa shape index (κ1) is 13.9. The second-order valence-electron chi connectivity index (χ2n) is 6.16. The highest BCUT2D eigenvalue weighted by Crippen LogP contribution is 2.46. The summed E-state index contributed by atoms with van der Waals surface area (Å²) in [7, 11) is 0. The second kappa shape index (κ2) is 5.71. The van der Waals surface area contributed by atoms with Crippen molar-refractivity contribution in [3.05, 3.63) is 34.3 Å². The van der Waals surface area contributed by atoms with Crippen LogP contribution in [0.3, 0.4) is 0 Å². The SMILES string of the molecule is O=C=NC1(c2ccc(C3CCCCC3)c(Cl)c2)CCC1. The van der Waals surface area contributed by atoms with Gasteiger partial charge in [0.05, 0.1) is 5.54 Å². The van der Waals surface area contributed by atoms with Crippen LogP contribution >= 0.6 is 11.6 Å². The maximum absolute atomic E-state index is 10.7. The molecule has 0 saturated heterocycles. The third kappa shape index (κ3) is 2.43. The van der Waals surface area contributed by atoms with Crippen molar-refractivity contribution in [2.45, 2.75) is 62.8 Å². The van der Waals surface area contributed by atoms with Crippen molar-refractivity contribution < 1.29 is 4.79 Å². The van der Waals surface area contributed by atoms with E-state index in [1.54, 1.807) is 6.08 Å². The molecular weight excluding hydrogens is 270 g/mol. The monoisotopic (exact) mass is 289 g/mol. The molecule has 0 spiro atoms. The Bertz CT molecular complexity index is 538. The number of isocyanates is 1. The van der Waals surface area contributed by atoms with Crippen molar-refractivity contribution >= 4 is 17.7 Å². The maximum Gasteiger partial charge on any atom is 0.235 e. The molecule has 2 aliphatic rings. The van der Waals surface area contributed by atoms with Gasteiger partial charge in [-0.25, -0.2) is 4.79 Å². The van der Waals surface area contributed by atoms with Crippen LogP contribution in [0.5, 0.6) is 0 Å². The summed E-state index contributed by atoms with van der Waals surface area (Å²) in [6.45, 7) is 0. The lowest BCUT2D eigenvalue weighted by molar-refractivity contribution is 0.256. The molecule has 2 nitrogen and oxygen atoms in total. The highest BCUT2D eigenvalue weighted by Gasteiger charge is 2.39. The lowest BCUT2D eigenvalue weighted by Crippen LogP contribution is -2.31. The van der Waals surface area contributed by atoms with Crippen LogP contribution in [0.1, 0.15) is 68.4 Å². The fourth-order valence-electron chi connectivity index (χ4n) is 3.63. The van der Waals surface area contributed by atoms with Crippen LogP contribution < -0.4 is 0 Å². The van der Waals surface area contributed by atoms with Crippen molar-refractivity contribution in [3.8, 4) is 0 Å². The predicted molar refractivity (Wildman–Crippen MR) is 80.9 cm³/mol. The third-order valence-corrected chi connectivity index (χ3v) is 5.35. The standard InChI is InChI=1S/C17H20ClNO/c18-16-11-14(17(19-12-20)9-4-10-17)7-8-15(16)13-5-2-1-3-6-13/h7-8,11,13H,1-6,9-10H2. The molecule has 0 aromatic heterocycles. The summed E-state index contributed by atoms with van der Waals surface area (Å²) >= 11 is 6.51. The average Bonchev–Trinajstić information content (AvgIpc) is 2.44. The Labute approximate surface area is 125 Å². The van der Waals surface area contributed by atoms with Gasteiger partial charge in [-0.05, 0) is 55.2 Å². The van der Waals surface area contributed by atoms with Crippen LogP contribution in [-0.4, -0.2) is 6.08 Å². The molecule has 0 atom stereocenters. The number of benzene rings is 1. The summed E-state index contributed by atoms with van der Waals surface area (Å²) in [5.74, 6) is 0.609. The predicted octanol–water partition coefficient (Wildman–Crippen LogP) is 5.10. The van der Waals surface area contributed by atoms with Gasteiger partial charge < -0.3 is 0 Å². The molecule has 20 heavy (non-hydrogen) atoms. The Balaban J connectivity index is 1.89. The van der Waals surface area contributed by atoms with E-state index in [4.69, 9.17) is 11.6 Å². The molecule has 0 heterocycles. The van der Waals surface area contributed by atoms with Crippen molar-refractivity contribution in [1.29, 1.82) is 0 Å². The summed E-state index contributed by atoms with van der Waals surface area (Å²) < 4.78 is 0. The summed E-state index contributed by atoms with van der Waals surface area (Å²) in [5, 5.41) is 0.849. The molecule has 3 heteroatoms. The van der Waals surface area contributed by atoms with E-state index >= 15 is 0 Å². The van der Waals surface area contributed by atoms with Crippen molar-refractivity contribution in [2.75, 3.05) is 0 Å². The zero-order valence-electron chi connectivity index (χ0n) is 11.7. The number of rotatable bonds is 3. The highest BCUT2D eigenvalue weighted by atomic mass is 35.5. The van der Waals surface area contributed by atoms with Crippen LogP contribution in [0.15, 0.2) is 23.2 Å². The average molecular weight is 290 g/mol. The quantitative estimate of drug-likeness (QED) is 0.562. The lowest BCUT2D eigenvalue weighted by atomic mass is 9.72. The molecule has 0 amide bonds. The smallest absolute Gasteiger partial charge is 0.211 e. The zero-order valence-corrected chi connectivity index (χ0v) is 12.5. The van der Waals surface area contributed by atoms with E-state index in [-0.39, 0.29) is 5.54 Å². The molecule has 0 bridgehead atoms. The lowest BCUT2D eigenvalue weighted by Gasteiger charge is -2.37. The minimum Gasteiger partial charge on any atom is -0.211 e. The molecule has 0 N–H and O–H groups in total. The Morgan fingerprint density at radius 1 is 1.15 bits per heavy atom. The molecule has 0 aliphatic heterocycles. The minimum atomic E-state index is -0.337. The topological polar surface area (TPSA) is 29.4 Å². The summed E-state index contributed by atoms with van der Waals surface area (Å²) in [6.07, 6.45) is 11.2. The van der Waals surface area contributed by atoms with Crippen molar-refractivity contribution in [3.63, 3.8) is 0 Å². The molecular formula is C17H20ClNO. The van der Waals surface area contributed by atoms with Gasteiger partial charge in [-0.1, -0.05) is 43.0 Å². The van der Waals surface area contributed by atoms with Crippen molar-refractivity contribution in [2.24, 2.45) is 4.99 Å². The van der Waals surface area contributed by atoms with Crippen molar-refractivity contribution in [1.82, 2.24) is 0 Å². The van der Waals surface area contributed by atoms with Crippen LogP contribution in [0.2, 0.25) is 5.02 Å². The summed E-state index contributed by atoms with van der Waals surface area (Å²) in [4.78, 5) is 14.7. The third-order valence-electron chi connectivity index (χ3n) is 5.02. The van der Waals surface area contributed by atoms with E-state index in [0.29, 0.717) is 5.92 Å². The largest absolute Gasteiger partial charge is 0.235 e. The van der Waals surface area contributed by atoms with Gasteiger partial charge >= 0.3 is 0 Å². The van der Waals surface area contributed by atoms with E-state index in [1.807, 2.05) is 6.07 Å². The van der Waals surface area contributed by atoms with Crippen LogP contribution in [0.25, 0.3) is 0 Å². The Morgan fingerprint density at radius 3 is 2.45 bits per heavy atom. The van der Waals surface area contributed by atoms with E-state index < -0.39 is 0 Å². The first-order chi connectivity index (χ1) is 9.75. The highest BCUT2D eigenvalue weighted by molar-refractivity contribution is 6.31. The number of aliphatic imine (C=N–C) groups is 1. The molecule has 2 fully saturated rings. The van der Waals surface area contributed by atoms with Gasteiger partial charge in [-0.15, -0.1) is 0 Å². The van der Waals surface area contributed by atoms with E-state index in [0.717, 1.165) is 29.8 Å². The fourth-order valence-corrected chi connectivity index (χ4v) is 3.96. The van der Waals surface area contributed by atoms with E-state index in [2.05, 4.69) is 17.1 Å². The molecule has 1 aromatic carbocycles. The van der Waals surface area contributed by atoms with Crippen LogP contribution in [0.4, 0.5) is 0 Å². The van der Waals surface area contributed by atoms with Gasteiger partial charge in [0, 0.05) is 5.02 Å². The van der Waals surface area contributed by atoms with Gasteiger partial charge in [0.15, 0.2) is 0 Å². The number of hydrogen-bond donors (Lipinski definition) is 0. The van der Waals surface area contributed by atoms with Crippen LogP contribution in [0, 0.1) is 0 Å². The Morgan fingerprint density at radius 2 is 1.90 bits per heavy atom. The molecule has 2 aliphatic carbocycles. The molecule has 2 saturated carbocycles. The van der Waals surface area contributed by atoms with Crippen LogP contribution in [-0.2, 0) is 10.3 Å². The number of halogens is 1. The first-order valence-corrected chi connectivity index (χ1v) is 8.02. The summed E-state index contributed by atoms with van der Waals surface area (Å²) in [5.41, 5.74) is 2.02. The van der Waals surface area contributed by atoms with Gasteiger partial charge in [0.25, 0.3) is 0 Å². The minimum absolute atomic E-state index is 0.337. The van der Waals surface area contributed by atoms with E-state index in [1.165, 1.54) is 37.7 Å². The maximum atomic E-state index is 10.7. The molecule has 0 unspecified atom stereocenters. The second-order valence-corrected chi connectivity index (χ2v) is 6.57. The van der Waals surface area contributed by atoms with Gasteiger partial charge in [0.2, 0.25) is 6.08 Å². The fraction of sp³-hybridized carbons (Fsp3) is 0.588. The molecule has 0 radical (unpaired) electrons.